The number of hydrogen-bond donors (Lipinski definition) is 8. The first-order chi connectivity index (χ1) is 21.1. The van der Waals surface area contributed by atoms with Crippen LogP contribution in [0.4, 0.5) is 0 Å². The largest absolute Gasteiger partial charge is 0.508 e. The molecule has 10 atom stereocenters. The number of phenols is 2. The summed E-state index contributed by atoms with van der Waals surface area (Å²) >= 11 is 0. The van der Waals surface area contributed by atoms with Gasteiger partial charge in [-0.15, -0.1) is 0 Å². The van der Waals surface area contributed by atoms with Crippen LogP contribution in [0.25, 0.3) is 12.2 Å². The topological polar surface area (TPSA) is 225 Å². The van der Waals surface area contributed by atoms with E-state index in [1.807, 2.05) is 0 Å². The lowest BCUT2D eigenvalue weighted by atomic mass is 9.97. The molecule has 0 spiro atoms. The number of ether oxygens (including phenoxy) is 5. The third kappa shape index (κ3) is 8.40. The number of aliphatic hydroxyl groups excluding tert-OH is 6. The molecule has 0 aliphatic carbocycles. The first-order valence-corrected chi connectivity index (χ1v) is 13.8. The van der Waals surface area contributed by atoms with Crippen molar-refractivity contribution in [1.29, 1.82) is 0 Å². The summed E-state index contributed by atoms with van der Waals surface area (Å²) in [6.07, 6.45) is -9.99. The van der Waals surface area contributed by atoms with Crippen LogP contribution in [-0.4, -0.2) is 128 Å². The average Bonchev–Trinajstić information content (AvgIpc) is 3.02. The zero-order valence-electron chi connectivity index (χ0n) is 23.4. The maximum absolute atomic E-state index is 12.7. The second-order valence-electron chi connectivity index (χ2n) is 10.2. The van der Waals surface area contributed by atoms with E-state index in [1.165, 1.54) is 30.3 Å². The Morgan fingerprint density at radius 2 is 1.27 bits per heavy atom. The third-order valence-electron chi connectivity index (χ3n) is 7.05. The average molecular weight is 621 g/mol. The molecule has 0 amide bonds. The van der Waals surface area contributed by atoms with Crippen molar-refractivity contribution in [2.45, 2.75) is 61.4 Å². The molecule has 2 aliphatic heterocycles. The van der Waals surface area contributed by atoms with Crippen molar-refractivity contribution < 1.29 is 69.3 Å². The molecule has 2 aromatic rings. The molecular formula is C30H36O14. The molecule has 0 unspecified atom stereocenters. The highest BCUT2D eigenvalue weighted by molar-refractivity contribution is 5.87. The quantitative estimate of drug-likeness (QED) is 0.112. The van der Waals surface area contributed by atoms with Crippen LogP contribution in [0.5, 0.6) is 11.5 Å². The molecule has 0 radical (unpaired) electrons. The molecule has 2 aliphatic rings. The van der Waals surface area contributed by atoms with Gasteiger partial charge in [0.25, 0.3) is 0 Å². The number of phenolic OH excluding ortho intramolecular Hbond substituents is 2. The van der Waals surface area contributed by atoms with Gasteiger partial charge in [0.1, 0.15) is 54.2 Å². The van der Waals surface area contributed by atoms with E-state index in [0.717, 1.165) is 11.6 Å². The van der Waals surface area contributed by atoms with E-state index in [-0.39, 0.29) is 18.1 Å². The standard InChI is InChI=1S/C30H36O14/c31-14-20-23(36)24(37)25(38)29(41-20)44-28-26(39)27(43-22(35)12-7-17-5-10-19(34)11-6-17)21(15-32)42-30(28)40-13-1-2-16-3-8-18(33)9-4-16/h1-12,20-21,23-34,36-39H,13-15H2/t20-,21-,23-,24-,25-,26+,27+,28-,29-,30-/m0/s1. The van der Waals surface area contributed by atoms with Gasteiger partial charge in [0.2, 0.25) is 0 Å². The summed E-state index contributed by atoms with van der Waals surface area (Å²) in [6, 6.07) is 12.3. The molecular weight excluding hydrogens is 584 g/mol. The highest BCUT2D eigenvalue weighted by Crippen LogP contribution is 2.31. The number of aliphatic hydroxyl groups is 6. The minimum atomic E-state index is -1.82. The Balaban J connectivity index is 1.51. The van der Waals surface area contributed by atoms with Crippen LogP contribution < -0.4 is 0 Å². The monoisotopic (exact) mass is 620 g/mol. The SMILES string of the molecule is O=C(C=Cc1ccc(O)cc1)O[C@H]1[C@@H](O)[C@H](O[C@@H]2O[C@@H](CO)[C@H](O)[C@H](O)[C@@H]2O)[C@@H](OCC=Cc2ccc(O)cc2)O[C@H]1CO. The predicted octanol–water partition coefficient (Wildman–Crippen LogP) is -0.984. The van der Waals surface area contributed by atoms with Gasteiger partial charge in [-0.25, -0.2) is 4.79 Å². The van der Waals surface area contributed by atoms with Crippen LogP contribution in [-0.2, 0) is 28.5 Å². The number of carbonyl (C=O) groups is 1. The number of carbonyl (C=O) groups excluding carboxylic acids is 1. The second-order valence-corrected chi connectivity index (χ2v) is 10.2. The lowest BCUT2D eigenvalue weighted by Gasteiger charge is -2.46. The maximum atomic E-state index is 12.7. The Bertz CT molecular complexity index is 1250. The van der Waals surface area contributed by atoms with Crippen molar-refractivity contribution in [1.82, 2.24) is 0 Å². The van der Waals surface area contributed by atoms with Gasteiger partial charge >= 0.3 is 5.97 Å². The van der Waals surface area contributed by atoms with Gasteiger partial charge in [0.15, 0.2) is 18.7 Å². The molecule has 0 aromatic heterocycles. The fourth-order valence-corrected chi connectivity index (χ4v) is 4.64. The molecule has 2 heterocycles. The Kier molecular flexibility index (Phi) is 11.8. The highest BCUT2D eigenvalue weighted by atomic mass is 16.8. The molecule has 8 N–H and O–H groups in total. The Labute approximate surface area is 252 Å². The summed E-state index contributed by atoms with van der Waals surface area (Å²) in [5.41, 5.74) is 1.31. The minimum Gasteiger partial charge on any atom is -0.508 e. The van der Waals surface area contributed by atoms with Crippen LogP contribution in [0, 0.1) is 0 Å². The summed E-state index contributed by atoms with van der Waals surface area (Å²) in [6.45, 7) is -1.53. The smallest absolute Gasteiger partial charge is 0.331 e. The lowest BCUT2D eigenvalue weighted by molar-refractivity contribution is -0.366. The van der Waals surface area contributed by atoms with Crippen LogP contribution >= 0.6 is 0 Å². The van der Waals surface area contributed by atoms with Gasteiger partial charge in [-0.3, -0.25) is 0 Å². The first-order valence-electron chi connectivity index (χ1n) is 13.8. The second kappa shape index (κ2) is 15.5. The van der Waals surface area contributed by atoms with Crippen molar-refractivity contribution in [2.24, 2.45) is 0 Å². The van der Waals surface area contributed by atoms with Crippen molar-refractivity contribution in [3.63, 3.8) is 0 Å². The first kappa shape index (κ1) is 33.5. The molecule has 2 aromatic carbocycles. The fraction of sp³-hybridized carbons (Fsp3) is 0.433. The minimum absolute atomic E-state index is 0.0380. The van der Waals surface area contributed by atoms with Gasteiger partial charge in [-0.1, -0.05) is 36.4 Å². The molecule has 2 saturated heterocycles. The molecule has 0 bridgehead atoms. The van der Waals surface area contributed by atoms with E-state index in [9.17, 15) is 45.6 Å². The van der Waals surface area contributed by atoms with E-state index in [2.05, 4.69) is 0 Å². The summed E-state index contributed by atoms with van der Waals surface area (Å²) in [7, 11) is 0. The summed E-state index contributed by atoms with van der Waals surface area (Å²) in [4.78, 5) is 12.7. The van der Waals surface area contributed by atoms with Crippen LogP contribution in [0.2, 0.25) is 0 Å². The van der Waals surface area contributed by atoms with E-state index in [4.69, 9.17) is 23.7 Å². The molecule has 4 rings (SSSR count). The molecule has 0 saturated carbocycles. The maximum Gasteiger partial charge on any atom is 0.331 e. The van der Waals surface area contributed by atoms with Crippen molar-refractivity contribution in [3.05, 3.63) is 71.8 Å². The predicted molar refractivity (Wildman–Crippen MR) is 151 cm³/mol. The summed E-state index contributed by atoms with van der Waals surface area (Å²) < 4.78 is 28.2. The Morgan fingerprint density at radius 1 is 0.705 bits per heavy atom. The van der Waals surface area contributed by atoms with E-state index >= 15 is 0 Å². The molecule has 240 valence electrons. The van der Waals surface area contributed by atoms with Gasteiger partial charge in [0, 0.05) is 6.08 Å². The fourth-order valence-electron chi connectivity index (χ4n) is 4.64. The van der Waals surface area contributed by atoms with Gasteiger partial charge in [-0.2, -0.15) is 0 Å². The molecule has 44 heavy (non-hydrogen) atoms. The van der Waals surface area contributed by atoms with E-state index in [1.54, 1.807) is 36.4 Å². The van der Waals surface area contributed by atoms with Crippen LogP contribution in [0.1, 0.15) is 11.1 Å². The lowest BCUT2D eigenvalue weighted by Crippen LogP contribution is -2.65. The summed E-state index contributed by atoms with van der Waals surface area (Å²) in [5, 5.41) is 80.6. The highest BCUT2D eigenvalue weighted by Gasteiger charge is 2.52. The number of benzene rings is 2. The summed E-state index contributed by atoms with van der Waals surface area (Å²) in [5.74, 6) is -0.777. The zero-order chi connectivity index (χ0) is 31.8. The molecule has 14 nitrogen and oxygen atoms in total. The van der Waals surface area contributed by atoms with E-state index < -0.39 is 80.6 Å². The zero-order valence-corrected chi connectivity index (χ0v) is 23.4. The van der Waals surface area contributed by atoms with Crippen LogP contribution in [0.3, 0.4) is 0 Å². The Hall–Kier alpha value is -3.41. The number of hydrogen-bond acceptors (Lipinski definition) is 14. The Morgan fingerprint density at radius 3 is 1.86 bits per heavy atom. The van der Waals surface area contributed by atoms with Gasteiger partial charge in [0.05, 0.1) is 19.8 Å². The van der Waals surface area contributed by atoms with Crippen LogP contribution in [0.15, 0.2) is 60.7 Å². The molecule has 14 heteroatoms. The number of rotatable bonds is 11. The number of esters is 1. The number of aromatic hydroxyl groups is 2. The van der Waals surface area contributed by atoms with Gasteiger partial charge in [-0.05, 0) is 41.5 Å². The van der Waals surface area contributed by atoms with Crippen molar-refractivity contribution in [2.75, 3.05) is 19.8 Å². The third-order valence-corrected chi connectivity index (χ3v) is 7.05. The molecule has 2 fully saturated rings. The van der Waals surface area contributed by atoms with Crippen molar-refractivity contribution >= 4 is 18.1 Å². The van der Waals surface area contributed by atoms with E-state index in [0.29, 0.717) is 5.56 Å². The van der Waals surface area contributed by atoms with Gasteiger partial charge < -0.3 is 64.5 Å². The van der Waals surface area contributed by atoms with Crippen molar-refractivity contribution in [3.8, 4) is 11.5 Å². The normalized spacial score (nSPS) is 32.7.